The van der Waals surface area contributed by atoms with Crippen molar-refractivity contribution < 1.29 is 0 Å². The van der Waals surface area contributed by atoms with Crippen LogP contribution in [-0.4, -0.2) is 19.1 Å². The van der Waals surface area contributed by atoms with Gasteiger partial charge in [0.2, 0.25) is 0 Å². The first-order valence-corrected chi connectivity index (χ1v) is 6.49. The Bertz CT molecular complexity index is 155. The van der Waals surface area contributed by atoms with Crippen molar-refractivity contribution in [3.05, 3.63) is 18.2 Å². The second-order valence-electron chi connectivity index (χ2n) is 2.29. The van der Waals surface area contributed by atoms with E-state index in [1.165, 1.54) is 0 Å². The van der Waals surface area contributed by atoms with Gasteiger partial charge in [-0.05, 0) is 6.92 Å². The zero-order valence-electron chi connectivity index (χ0n) is 7.26. The van der Waals surface area contributed by atoms with Crippen LogP contribution in [0.5, 0.6) is 0 Å². The number of imidazole rings is 1. The van der Waals surface area contributed by atoms with Crippen molar-refractivity contribution in [2.24, 2.45) is 7.05 Å². The number of hydrogen-bond donors (Lipinski definition) is 0. The average Bonchev–Trinajstić information content (AvgIpc) is 2.19. The minimum absolute atomic E-state index is 0.417. The summed E-state index contributed by atoms with van der Waals surface area (Å²) in [5.74, 6) is 1.06. The number of rotatable bonds is 0. The lowest BCUT2D eigenvalue weighted by atomic mass is 10.7. The van der Waals surface area contributed by atoms with E-state index in [4.69, 9.17) is 0 Å². The van der Waals surface area contributed by atoms with Gasteiger partial charge in [0.15, 0.2) is 0 Å². The third-order valence-corrected chi connectivity index (χ3v) is 1.06. The zero-order chi connectivity index (χ0) is 7.98. The topological polar surface area (TPSA) is 17.8 Å². The summed E-state index contributed by atoms with van der Waals surface area (Å²) in [6, 6.07) is 0. The average molecular weight is 156 g/mol. The third kappa shape index (κ3) is 3.45. The zero-order valence-corrected chi connectivity index (χ0v) is 8.67. The van der Waals surface area contributed by atoms with E-state index in [-0.39, 0.29) is 0 Å². The highest BCUT2D eigenvalue weighted by Crippen LogP contribution is 1.86. The van der Waals surface area contributed by atoms with E-state index in [9.17, 15) is 0 Å². The molecule has 0 aliphatic carbocycles. The van der Waals surface area contributed by atoms with Crippen molar-refractivity contribution in [2.75, 3.05) is 0 Å². The van der Waals surface area contributed by atoms with Crippen LogP contribution in [0, 0.1) is 6.92 Å². The molecule has 1 heterocycles. The lowest BCUT2D eigenvalue weighted by molar-refractivity contribution is 0.858. The highest BCUT2D eigenvalue weighted by atomic mass is 28.2. The van der Waals surface area contributed by atoms with Crippen molar-refractivity contribution in [3.8, 4) is 0 Å². The number of aromatic nitrogens is 2. The first-order valence-electron chi connectivity index (χ1n) is 3.66. The molecule has 58 valence electrons. The van der Waals surface area contributed by atoms with Crippen LogP contribution in [-0.2, 0) is 7.05 Å². The Morgan fingerprint density at radius 1 is 1.50 bits per heavy atom. The Morgan fingerprint density at radius 3 is 2.10 bits per heavy atom. The van der Waals surface area contributed by atoms with Gasteiger partial charge in [-0.1, -0.05) is 13.1 Å². The molecular weight excluding hydrogens is 140 g/mol. The lowest BCUT2D eigenvalue weighted by Gasteiger charge is -1.87. The smallest absolute Gasteiger partial charge is 0.105 e. The molecule has 0 aromatic carbocycles. The maximum absolute atomic E-state index is 3.98. The summed E-state index contributed by atoms with van der Waals surface area (Å²) < 4.78 is 1.97. The Kier molecular flexibility index (Phi) is 4.93. The quantitative estimate of drug-likeness (QED) is 0.512. The Hall–Kier alpha value is -0.573. The van der Waals surface area contributed by atoms with E-state index in [2.05, 4.69) is 18.1 Å². The monoisotopic (exact) mass is 156 g/mol. The minimum atomic E-state index is 0.417. The molecule has 0 saturated heterocycles. The largest absolute Gasteiger partial charge is 0.338 e. The predicted octanol–water partition coefficient (Wildman–Crippen LogP) is 0.980. The van der Waals surface area contributed by atoms with Gasteiger partial charge in [0.05, 0.1) is 0 Å². The van der Waals surface area contributed by atoms with Crippen molar-refractivity contribution >= 4 is 9.52 Å². The molecule has 1 aromatic rings. The van der Waals surface area contributed by atoms with Gasteiger partial charge in [-0.25, -0.2) is 4.98 Å². The summed E-state index contributed by atoms with van der Waals surface area (Å²) >= 11 is 0. The molecule has 0 aliphatic rings. The number of nitrogens with zero attached hydrogens (tertiary/aromatic N) is 2. The molecular formula is C7H16N2Si. The second kappa shape index (κ2) is 5.23. The Labute approximate surface area is 65.1 Å². The van der Waals surface area contributed by atoms with E-state index < -0.39 is 0 Å². The molecule has 0 amide bonds. The van der Waals surface area contributed by atoms with E-state index >= 15 is 0 Å². The van der Waals surface area contributed by atoms with Crippen molar-refractivity contribution in [3.63, 3.8) is 0 Å². The van der Waals surface area contributed by atoms with Crippen LogP contribution in [0.25, 0.3) is 0 Å². The molecule has 0 saturated carbocycles. The molecule has 0 unspecified atom stereocenters. The second-order valence-corrected chi connectivity index (χ2v) is 3.71. The van der Waals surface area contributed by atoms with E-state index in [0.717, 1.165) is 5.82 Å². The molecule has 1 aromatic heterocycles. The van der Waals surface area contributed by atoms with Gasteiger partial charge in [-0.2, -0.15) is 0 Å². The van der Waals surface area contributed by atoms with E-state index in [1.54, 1.807) is 6.20 Å². The fourth-order valence-corrected chi connectivity index (χ4v) is 0.440. The molecule has 1 rings (SSSR count). The lowest BCUT2D eigenvalue weighted by Crippen LogP contribution is -1.86. The van der Waals surface area contributed by atoms with Crippen molar-refractivity contribution in [1.29, 1.82) is 0 Å². The normalized spacial score (nSPS) is 8.40. The van der Waals surface area contributed by atoms with E-state index in [0.29, 0.717) is 9.52 Å². The molecule has 3 heteroatoms. The standard InChI is InChI=1S/C5H8N2.C2H8Si/c1-5-6-3-4-7(5)2;1-3-2/h3-4H,1-2H3;3H2,1-2H3. The van der Waals surface area contributed by atoms with Gasteiger partial charge in [-0.15, -0.1) is 0 Å². The number of hydrogen-bond acceptors (Lipinski definition) is 1. The van der Waals surface area contributed by atoms with Crippen LogP contribution >= 0.6 is 0 Å². The molecule has 10 heavy (non-hydrogen) atoms. The first kappa shape index (κ1) is 9.43. The molecule has 0 fully saturated rings. The van der Waals surface area contributed by atoms with Gasteiger partial charge in [-0.3, -0.25) is 0 Å². The maximum atomic E-state index is 3.98. The van der Waals surface area contributed by atoms with Gasteiger partial charge >= 0.3 is 0 Å². The van der Waals surface area contributed by atoms with Crippen LogP contribution in [0.15, 0.2) is 12.4 Å². The van der Waals surface area contributed by atoms with Crippen LogP contribution in [0.3, 0.4) is 0 Å². The van der Waals surface area contributed by atoms with Crippen LogP contribution < -0.4 is 0 Å². The SMILES string of the molecule is C[SiH2]C.Cc1nccn1C. The molecule has 0 radical (unpaired) electrons. The first-order chi connectivity index (χ1) is 4.72. The van der Waals surface area contributed by atoms with Gasteiger partial charge in [0.25, 0.3) is 0 Å². The molecule has 0 aliphatic heterocycles. The molecule has 0 bridgehead atoms. The number of aryl methyl sites for hydroxylation is 2. The fourth-order valence-electron chi connectivity index (χ4n) is 0.440. The molecule has 0 spiro atoms. The van der Waals surface area contributed by atoms with Crippen LogP contribution in [0.2, 0.25) is 13.1 Å². The predicted molar refractivity (Wildman–Crippen MR) is 48.2 cm³/mol. The van der Waals surface area contributed by atoms with E-state index in [1.807, 2.05) is 24.7 Å². The molecule has 2 nitrogen and oxygen atoms in total. The molecule has 0 N–H and O–H groups in total. The summed E-state index contributed by atoms with van der Waals surface area (Å²) in [4.78, 5) is 3.98. The van der Waals surface area contributed by atoms with Gasteiger partial charge in [0.1, 0.15) is 5.82 Å². The maximum Gasteiger partial charge on any atom is 0.105 e. The Morgan fingerprint density at radius 2 is 2.00 bits per heavy atom. The van der Waals surface area contributed by atoms with Crippen LogP contribution in [0.1, 0.15) is 5.82 Å². The molecule has 0 atom stereocenters. The summed E-state index contributed by atoms with van der Waals surface area (Å²) in [5.41, 5.74) is 0. The Balaban J connectivity index is 0.000000236. The van der Waals surface area contributed by atoms with Gasteiger partial charge in [0, 0.05) is 29.0 Å². The highest BCUT2D eigenvalue weighted by molar-refractivity contribution is 6.31. The fraction of sp³-hybridized carbons (Fsp3) is 0.571. The summed E-state index contributed by atoms with van der Waals surface area (Å²) in [7, 11) is 2.39. The van der Waals surface area contributed by atoms with Crippen molar-refractivity contribution in [2.45, 2.75) is 20.0 Å². The van der Waals surface area contributed by atoms with Crippen LogP contribution in [0.4, 0.5) is 0 Å². The highest BCUT2D eigenvalue weighted by Gasteiger charge is 1.83. The minimum Gasteiger partial charge on any atom is -0.338 e. The third-order valence-electron chi connectivity index (χ3n) is 1.06. The summed E-state index contributed by atoms with van der Waals surface area (Å²) in [6.07, 6.45) is 3.71. The van der Waals surface area contributed by atoms with Gasteiger partial charge < -0.3 is 4.57 Å². The summed E-state index contributed by atoms with van der Waals surface area (Å²) in [5, 5.41) is 0. The summed E-state index contributed by atoms with van der Waals surface area (Å²) in [6.45, 7) is 6.50. The van der Waals surface area contributed by atoms with Crippen molar-refractivity contribution in [1.82, 2.24) is 9.55 Å².